The second kappa shape index (κ2) is 6.92. The molecule has 0 spiro atoms. The third-order valence-electron chi connectivity index (χ3n) is 4.36. The van der Waals surface area contributed by atoms with E-state index in [-0.39, 0.29) is 17.2 Å². The van der Waals surface area contributed by atoms with E-state index in [1.165, 1.54) is 23.1 Å². The number of aromatic nitrogens is 1. The van der Waals surface area contributed by atoms with Crippen molar-refractivity contribution >= 4 is 17.4 Å². The van der Waals surface area contributed by atoms with E-state index in [1.807, 2.05) is 0 Å². The lowest BCUT2D eigenvalue weighted by Crippen LogP contribution is -2.37. The molecular formula is C17H21N3O4. The molecule has 0 unspecified atom stereocenters. The molecule has 7 heteroatoms. The van der Waals surface area contributed by atoms with Crippen LogP contribution in [-0.2, 0) is 4.74 Å². The molecule has 0 aliphatic carbocycles. The first kappa shape index (κ1) is 16.3. The molecule has 0 aromatic carbocycles. The van der Waals surface area contributed by atoms with Crippen LogP contribution in [-0.4, -0.2) is 53.3 Å². The van der Waals surface area contributed by atoms with Crippen molar-refractivity contribution in [3.8, 4) is 0 Å². The van der Waals surface area contributed by atoms with Gasteiger partial charge in [-0.1, -0.05) is 0 Å². The van der Waals surface area contributed by atoms with Gasteiger partial charge in [0.2, 0.25) is 0 Å². The first-order valence-corrected chi connectivity index (χ1v) is 7.98. The number of nitrogens with one attached hydrogen (secondary N) is 1. The topological polar surface area (TPSA) is 83.8 Å². The number of ether oxygens (including phenoxy) is 1. The SMILES string of the molecule is CN1CCC(Nc2cc(=O)n(C3=CCOC=C3)cc2C(=O)O)CC1. The molecule has 24 heavy (non-hydrogen) atoms. The predicted octanol–water partition coefficient (Wildman–Crippen LogP) is 1.44. The largest absolute Gasteiger partial charge is 0.497 e. The summed E-state index contributed by atoms with van der Waals surface area (Å²) in [6, 6.07) is 1.54. The van der Waals surface area contributed by atoms with Gasteiger partial charge in [0.05, 0.1) is 23.2 Å². The van der Waals surface area contributed by atoms with Gasteiger partial charge in [0, 0.05) is 18.3 Å². The summed E-state index contributed by atoms with van der Waals surface area (Å²) in [5.74, 6) is -1.06. The fourth-order valence-corrected chi connectivity index (χ4v) is 2.95. The smallest absolute Gasteiger partial charge is 0.339 e. The average molecular weight is 331 g/mol. The lowest BCUT2D eigenvalue weighted by molar-refractivity contribution is 0.0697. The Morgan fingerprint density at radius 3 is 2.75 bits per heavy atom. The number of pyridine rings is 1. The fourth-order valence-electron chi connectivity index (χ4n) is 2.95. The number of aromatic carboxylic acids is 1. The van der Waals surface area contributed by atoms with Crippen LogP contribution in [0.4, 0.5) is 5.69 Å². The molecule has 0 amide bonds. The van der Waals surface area contributed by atoms with E-state index in [4.69, 9.17) is 4.74 Å². The Kier molecular flexibility index (Phi) is 4.71. The summed E-state index contributed by atoms with van der Waals surface area (Å²) in [5, 5.41) is 12.8. The lowest BCUT2D eigenvalue weighted by Gasteiger charge is -2.30. The minimum Gasteiger partial charge on any atom is -0.497 e. The maximum absolute atomic E-state index is 12.4. The number of hydrogen-bond acceptors (Lipinski definition) is 5. The molecule has 128 valence electrons. The van der Waals surface area contributed by atoms with Gasteiger partial charge in [-0.3, -0.25) is 9.36 Å². The molecule has 0 bridgehead atoms. The van der Waals surface area contributed by atoms with Crippen LogP contribution < -0.4 is 10.9 Å². The molecule has 1 saturated heterocycles. The second-order valence-electron chi connectivity index (χ2n) is 6.10. The van der Waals surface area contributed by atoms with Gasteiger partial charge in [-0.15, -0.1) is 0 Å². The number of carboxylic acids is 1. The number of nitrogens with zero attached hydrogens (tertiary/aromatic N) is 2. The van der Waals surface area contributed by atoms with E-state index in [9.17, 15) is 14.7 Å². The standard InChI is InChI=1S/C17H21N3O4/c1-19-6-2-12(3-7-19)18-15-10-16(21)20(11-14(15)17(22)23)13-4-8-24-9-5-13/h4-5,8,10-12,18H,2-3,6-7,9H2,1H3,(H,22,23). The molecule has 0 radical (unpaired) electrons. The van der Waals surface area contributed by atoms with Gasteiger partial charge >= 0.3 is 5.97 Å². The molecule has 7 nitrogen and oxygen atoms in total. The van der Waals surface area contributed by atoms with E-state index in [1.54, 1.807) is 12.2 Å². The first-order valence-electron chi connectivity index (χ1n) is 7.98. The van der Waals surface area contributed by atoms with Crippen LogP contribution in [0.2, 0.25) is 0 Å². The molecule has 1 aromatic heterocycles. The van der Waals surface area contributed by atoms with E-state index in [2.05, 4.69) is 17.3 Å². The zero-order valence-corrected chi connectivity index (χ0v) is 13.6. The van der Waals surface area contributed by atoms with Gasteiger partial charge in [0.25, 0.3) is 5.56 Å². The number of anilines is 1. The van der Waals surface area contributed by atoms with Crippen LogP contribution in [0.5, 0.6) is 0 Å². The lowest BCUT2D eigenvalue weighted by atomic mass is 10.0. The van der Waals surface area contributed by atoms with Crippen LogP contribution in [0.15, 0.2) is 35.5 Å². The molecule has 3 rings (SSSR count). The number of allylic oxidation sites excluding steroid dienone is 2. The number of carbonyl (C=O) groups is 1. The quantitative estimate of drug-likeness (QED) is 0.868. The summed E-state index contributed by atoms with van der Waals surface area (Å²) in [6.45, 7) is 2.26. The maximum atomic E-state index is 12.4. The van der Waals surface area contributed by atoms with Crippen molar-refractivity contribution < 1.29 is 14.6 Å². The van der Waals surface area contributed by atoms with Crippen molar-refractivity contribution in [1.29, 1.82) is 0 Å². The highest BCUT2D eigenvalue weighted by Gasteiger charge is 2.20. The Labute approximate surface area is 139 Å². The van der Waals surface area contributed by atoms with E-state index < -0.39 is 5.97 Å². The highest BCUT2D eigenvalue weighted by molar-refractivity contribution is 5.94. The van der Waals surface area contributed by atoms with Gasteiger partial charge < -0.3 is 20.1 Å². The number of piperidine rings is 1. The Morgan fingerprint density at radius 1 is 1.38 bits per heavy atom. The van der Waals surface area contributed by atoms with Crippen molar-refractivity contribution in [1.82, 2.24) is 9.47 Å². The summed E-state index contributed by atoms with van der Waals surface area (Å²) >= 11 is 0. The maximum Gasteiger partial charge on any atom is 0.339 e. The Balaban J connectivity index is 1.90. The Morgan fingerprint density at radius 2 is 2.12 bits per heavy atom. The summed E-state index contributed by atoms with van der Waals surface area (Å²) in [7, 11) is 2.06. The third-order valence-corrected chi connectivity index (χ3v) is 4.36. The number of likely N-dealkylation sites (tertiary alicyclic amines) is 1. The van der Waals surface area contributed by atoms with E-state index in [0.29, 0.717) is 18.0 Å². The number of rotatable bonds is 4. The van der Waals surface area contributed by atoms with Gasteiger partial charge in [-0.2, -0.15) is 0 Å². The van der Waals surface area contributed by atoms with Crippen LogP contribution in [0.1, 0.15) is 23.2 Å². The van der Waals surface area contributed by atoms with Crippen molar-refractivity contribution in [2.75, 3.05) is 32.1 Å². The molecule has 2 aliphatic heterocycles. The minimum atomic E-state index is -1.06. The Hall–Kier alpha value is -2.54. The first-order chi connectivity index (χ1) is 11.5. The number of hydrogen-bond donors (Lipinski definition) is 2. The molecule has 2 N–H and O–H groups in total. The zero-order valence-electron chi connectivity index (χ0n) is 13.6. The molecule has 0 atom stereocenters. The summed E-state index contributed by atoms with van der Waals surface area (Å²) < 4.78 is 6.40. The normalized spacial score (nSPS) is 18.8. The van der Waals surface area contributed by atoms with Crippen molar-refractivity contribution in [3.63, 3.8) is 0 Å². The van der Waals surface area contributed by atoms with E-state index in [0.717, 1.165) is 25.9 Å². The Bertz CT molecular complexity index is 743. The molecule has 2 aliphatic rings. The predicted molar refractivity (Wildman–Crippen MR) is 91.2 cm³/mol. The highest BCUT2D eigenvalue weighted by atomic mass is 16.5. The fraction of sp³-hybridized carbons (Fsp3) is 0.412. The van der Waals surface area contributed by atoms with Gasteiger partial charge in [0.1, 0.15) is 6.61 Å². The minimum absolute atomic E-state index is 0.0920. The van der Waals surface area contributed by atoms with Crippen LogP contribution in [0, 0.1) is 0 Å². The second-order valence-corrected chi connectivity index (χ2v) is 6.10. The van der Waals surface area contributed by atoms with Crippen LogP contribution in [0.3, 0.4) is 0 Å². The molecule has 1 fully saturated rings. The summed E-state index contributed by atoms with van der Waals surface area (Å²) in [6.07, 6.45) is 8.09. The van der Waals surface area contributed by atoms with E-state index >= 15 is 0 Å². The van der Waals surface area contributed by atoms with Crippen molar-refractivity contribution in [2.24, 2.45) is 0 Å². The summed E-state index contributed by atoms with van der Waals surface area (Å²) in [4.78, 5) is 26.3. The molecule has 3 heterocycles. The summed E-state index contributed by atoms with van der Waals surface area (Å²) in [5.41, 5.74) is 0.817. The van der Waals surface area contributed by atoms with Crippen molar-refractivity contribution in [2.45, 2.75) is 18.9 Å². The van der Waals surface area contributed by atoms with Crippen LogP contribution >= 0.6 is 0 Å². The molecular weight excluding hydrogens is 310 g/mol. The van der Waals surface area contributed by atoms with Gasteiger partial charge in [0.15, 0.2) is 0 Å². The van der Waals surface area contributed by atoms with Crippen molar-refractivity contribution in [3.05, 3.63) is 46.6 Å². The highest BCUT2D eigenvalue weighted by Crippen LogP contribution is 2.20. The number of carboxylic acid groups (broad SMARTS) is 1. The molecule has 0 saturated carbocycles. The molecule has 1 aromatic rings. The average Bonchev–Trinajstić information content (AvgIpc) is 2.57. The van der Waals surface area contributed by atoms with Crippen LogP contribution in [0.25, 0.3) is 5.70 Å². The zero-order chi connectivity index (χ0) is 17.1. The monoisotopic (exact) mass is 331 g/mol. The van der Waals surface area contributed by atoms with Gasteiger partial charge in [-0.25, -0.2) is 4.79 Å². The van der Waals surface area contributed by atoms with Gasteiger partial charge in [-0.05, 0) is 45.1 Å². The third kappa shape index (κ3) is 3.51.